The first-order valence-corrected chi connectivity index (χ1v) is 8.51. The Kier molecular flexibility index (Phi) is 4.88. The first kappa shape index (κ1) is 16.5. The van der Waals surface area contributed by atoms with Gasteiger partial charge < -0.3 is 5.11 Å². The number of aryl methyl sites for hydroxylation is 1. The topological polar surface area (TPSA) is 71.4 Å². The zero-order valence-corrected chi connectivity index (χ0v) is 13.4. The van der Waals surface area contributed by atoms with Crippen LogP contribution in [-0.4, -0.2) is 24.7 Å². The number of carboxylic acid groups (broad SMARTS) is 1. The van der Waals surface area contributed by atoms with Crippen molar-refractivity contribution in [2.24, 2.45) is 0 Å². The second-order valence-electron chi connectivity index (χ2n) is 5.02. The predicted molar refractivity (Wildman–Crippen MR) is 84.9 cm³/mol. The molecule has 0 aromatic heterocycles. The number of rotatable bonds is 5. The maximum absolute atomic E-state index is 12.5. The summed E-state index contributed by atoms with van der Waals surface area (Å²) in [6.07, 6.45) is -0.108. The number of carboxylic acids is 1. The summed E-state index contributed by atoms with van der Waals surface area (Å²) in [5.41, 5.74) is 1.51. The van der Waals surface area contributed by atoms with Crippen LogP contribution in [0.25, 0.3) is 0 Å². The van der Waals surface area contributed by atoms with Crippen LogP contribution in [0.4, 0.5) is 0 Å². The van der Waals surface area contributed by atoms with Crippen molar-refractivity contribution < 1.29 is 18.3 Å². The van der Waals surface area contributed by atoms with Gasteiger partial charge in [-0.1, -0.05) is 41.4 Å². The molecule has 4 nitrogen and oxygen atoms in total. The van der Waals surface area contributed by atoms with E-state index in [9.17, 15) is 18.3 Å². The van der Waals surface area contributed by atoms with Crippen LogP contribution in [-0.2, 0) is 21.1 Å². The molecule has 22 heavy (non-hydrogen) atoms. The Bertz CT molecular complexity index is 765. The molecule has 0 amide bonds. The van der Waals surface area contributed by atoms with Crippen molar-refractivity contribution in [3.05, 3.63) is 64.7 Å². The SMILES string of the molecule is Cc1ccc(S(=O)(=O)[C@H](Cc2ccc(Cl)cc2)C(=O)O)cc1. The summed E-state index contributed by atoms with van der Waals surface area (Å²) in [6, 6.07) is 12.6. The van der Waals surface area contributed by atoms with E-state index >= 15 is 0 Å². The fraction of sp³-hybridized carbons (Fsp3) is 0.188. The molecule has 2 aromatic rings. The second-order valence-corrected chi connectivity index (χ2v) is 7.58. The highest BCUT2D eigenvalue weighted by molar-refractivity contribution is 7.92. The molecule has 1 N–H and O–H groups in total. The smallest absolute Gasteiger partial charge is 0.322 e. The third-order valence-electron chi connectivity index (χ3n) is 3.33. The van der Waals surface area contributed by atoms with Gasteiger partial charge in [0.1, 0.15) is 0 Å². The first-order chi connectivity index (χ1) is 10.3. The van der Waals surface area contributed by atoms with E-state index in [4.69, 9.17) is 11.6 Å². The lowest BCUT2D eigenvalue weighted by molar-refractivity contribution is -0.136. The Morgan fingerprint density at radius 1 is 1.09 bits per heavy atom. The third-order valence-corrected chi connectivity index (χ3v) is 5.63. The Morgan fingerprint density at radius 2 is 1.64 bits per heavy atom. The molecule has 0 radical (unpaired) electrons. The van der Waals surface area contributed by atoms with Gasteiger partial charge in [0, 0.05) is 11.4 Å². The summed E-state index contributed by atoms with van der Waals surface area (Å²) in [5, 5.41) is 8.32. The number of hydrogen-bond acceptors (Lipinski definition) is 3. The maximum Gasteiger partial charge on any atom is 0.322 e. The lowest BCUT2D eigenvalue weighted by Gasteiger charge is -2.14. The van der Waals surface area contributed by atoms with Crippen molar-refractivity contribution in [2.45, 2.75) is 23.5 Å². The molecular formula is C16H15ClO4S. The molecule has 0 heterocycles. The maximum atomic E-state index is 12.5. The van der Waals surface area contributed by atoms with Gasteiger partial charge in [-0.05, 0) is 36.8 Å². The van der Waals surface area contributed by atoms with E-state index in [1.807, 2.05) is 6.92 Å². The Hall–Kier alpha value is -1.85. The Balaban J connectivity index is 2.36. The molecule has 0 fully saturated rings. The first-order valence-electron chi connectivity index (χ1n) is 6.58. The number of halogens is 1. The summed E-state index contributed by atoms with van der Waals surface area (Å²) in [5.74, 6) is -1.37. The van der Waals surface area contributed by atoms with E-state index in [0.29, 0.717) is 10.6 Å². The van der Waals surface area contributed by atoms with Crippen molar-refractivity contribution in [3.63, 3.8) is 0 Å². The van der Waals surface area contributed by atoms with Crippen LogP contribution in [0.3, 0.4) is 0 Å². The zero-order valence-electron chi connectivity index (χ0n) is 11.9. The molecular weight excluding hydrogens is 324 g/mol. The summed E-state index contributed by atoms with van der Waals surface area (Å²) in [7, 11) is -3.96. The molecule has 0 spiro atoms. The van der Waals surface area contributed by atoms with Gasteiger partial charge >= 0.3 is 5.97 Å². The molecule has 0 aliphatic rings. The summed E-state index contributed by atoms with van der Waals surface area (Å²) in [6.45, 7) is 1.83. The summed E-state index contributed by atoms with van der Waals surface area (Å²) in [4.78, 5) is 11.5. The highest BCUT2D eigenvalue weighted by Crippen LogP contribution is 2.21. The van der Waals surface area contributed by atoms with Crippen molar-refractivity contribution in [3.8, 4) is 0 Å². The van der Waals surface area contributed by atoms with Crippen LogP contribution in [0.2, 0.25) is 5.02 Å². The molecule has 2 rings (SSSR count). The molecule has 0 bridgehead atoms. The average molecular weight is 339 g/mol. The quantitative estimate of drug-likeness (QED) is 0.909. The standard InChI is InChI=1S/C16H15ClO4S/c1-11-2-8-14(9-3-11)22(20,21)15(16(18)19)10-12-4-6-13(17)7-5-12/h2-9,15H,10H2,1H3,(H,18,19)/t15-/m1/s1. The van der Waals surface area contributed by atoms with E-state index in [1.165, 1.54) is 12.1 Å². The number of aliphatic carboxylic acids is 1. The number of sulfone groups is 1. The molecule has 0 saturated heterocycles. The lowest BCUT2D eigenvalue weighted by atomic mass is 10.1. The van der Waals surface area contributed by atoms with E-state index < -0.39 is 21.1 Å². The van der Waals surface area contributed by atoms with Crippen LogP contribution in [0.15, 0.2) is 53.4 Å². The molecule has 0 saturated carbocycles. The predicted octanol–water partition coefficient (Wildman–Crippen LogP) is 3.12. The van der Waals surface area contributed by atoms with Crippen molar-refractivity contribution >= 4 is 27.4 Å². The van der Waals surface area contributed by atoms with Crippen molar-refractivity contribution in [1.82, 2.24) is 0 Å². The number of benzene rings is 2. The van der Waals surface area contributed by atoms with E-state index in [2.05, 4.69) is 0 Å². The number of carbonyl (C=O) groups is 1. The fourth-order valence-electron chi connectivity index (χ4n) is 2.06. The molecule has 1 atom stereocenters. The molecule has 0 unspecified atom stereocenters. The van der Waals surface area contributed by atoms with Crippen molar-refractivity contribution in [2.75, 3.05) is 0 Å². The van der Waals surface area contributed by atoms with Gasteiger partial charge in [-0.25, -0.2) is 8.42 Å². The monoisotopic (exact) mass is 338 g/mol. The van der Waals surface area contributed by atoms with Gasteiger partial charge in [-0.3, -0.25) is 4.79 Å². The average Bonchev–Trinajstić information content (AvgIpc) is 2.46. The van der Waals surface area contributed by atoms with Gasteiger partial charge in [0.15, 0.2) is 15.1 Å². The van der Waals surface area contributed by atoms with Crippen LogP contribution in [0.1, 0.15) is 11.1 Å². The fourth-order valence-corrected chi connectivity index (χ4v) is 3.70. The van der Waals surface area contributed by atoms with Gasteiger partial charge in [-0.15, -0.1) is 0 Å². The molecule has 2 aromatic carbocycles. The van der Waals surface area contributed by atoms with Crippen molar-refractivity contribution in [1.29, 1.82) is 0 Å². The molecule has 116 valence electrons. The Labute approximate surface area is 134 Å². The second kappa shape index (κ2) is 6.50. The van der Waals surface area contributed by atoms with E-state index in [1.54, 1.807) is 36.4 Å². The largest absolute Gasteiger partial charge is 0.480 e. The summed E-state index contributed by atoms with van der Waals surface area (Å²) < 4.78 is 25.1. The van der Waals surface area contributed by atoms with Crippen LogP contribution >= 0.6 is 11.6 Å². The zero-order chi connectivity index (χ0) is 16.3. The van der Waals surface area contributed by atoms with Gasteiger partial charge in [-0.2, -0.15) is 0 Å². The minimum Gasteiger partial charge on any atom is -0.480 e. The highest BCUT2D eigenvalue weighted by Gasteiger charge is 2.34. The molecule has 6 heteroatoms. The van der Waals surface area contributed by atoms with Gasteiger partial charge in [0.05, 0.1) is 4.90 Å². The van der Waals surface area contributed by atoms with Crippen LogP contribution < -0.4 is 0 Å². The summed E-state index contributed by atoms with van der Waals surface area (Å²) >= 11 is 5.78. The number of hydrogen-bond donors (Lipinski definition) is 1. The molecule has 0 aliphatic carbocycles. The molecule has 0 aliphatic heterocycles. The minimum atomic E-state index is -3.96. The van der Waals surface area contributed by atoms with Crippen LogP contribution in [0.5, 0.6) is 0 Å². The lowest BCUT2D eigenvalue weighted by Crippen LogP contribution is -2.32. The minimum absolute atomic E-state index is 0.0134. The normalized spacial score (nSPS) is 12.8. The van der Waals surface area contributed by atoms with E-state index in [-0.39, 0.29) is 11.3 Å². The van der Waals surface area contributed by atoms with Gasteiger partial charge in [0.25, 0.3) is 0 Å². The van der Waals surface area contributed by atoms with Gasteiger partial charge in [0.2, 0.25) is 0 Å². The van der Waals surface area contributed by atoms with Crippen LogP contribution in [0, 0.1) is 6.92 Å². The Morgan fingerprint density at radius 3 is 2.14 bits per heavy atom. The third kappa shape index (κ3) is 3.67. The highest BCUT2D eigenvalue weighted by atomic mass is 35.5. The van der Waals surface area contributed by atoms with E-state index in [0.717, 1.165) is 5.56 Å².